The topological polar surface area (TPSA) is 55.6 Å². The highest BCUT2D eigenvalue weighted by Crippen LogP contribution is 2.30. The van der Waals surface area contributed by atoms with Gasteiger partial charge in [-0.2, -0.15) is 13.2 Å². The van der Waals surface area contributed by atoms with E-state index in [2.05, 4.69) is 20.3 Å². The zero-order valence-electron chi connectivity index (χ0n) is 12.1. The summed E-state index contributed by atoms with van der Waals surface area (Å²) in [7, 11) is 0. The van der Waals surface area contributed by atoms with Gasteiger partial charge in [0.05, 0.1) is 0 Å². The largest absolute Gasteiger partial charge is 0.434 e. The van der Waals surface area contributed by atoms with Crippen LogP contribution in [0.2, 0.25) is 0 Å². The van der Waals surface area contributed by atoms with Crippen LogP contribution in [0.25, 0.3) is 0 Å². The maximum absolute atomic E-state index is 12.7. The van der Waals surface area contributed by atoms with Crippen LogP contribution >= 0.6 is 0 Å². The molecule has 0 saturated carbocycles. The second-order valence-corrected chi connectivity index (χ2v) is 5.52. The molecule has 1 aliphatic rings. The van der Waals surface area contributed by atoms with E-state index < -0.39 is 11.9 Å². The van der Waals surface area contributed by atoms with Crippen LogP contribution in [0.4, 0.5) is 19.0 Å². The Bertz CT molecular complexity index is 665. The van der Waals surface area contributed by atoms with Crippen molar-refractivity contribution in [3.05, 3.63) is 35.8 Å². The average molecular weight is 311 g/mol. The fourth-order valence-electron chi connectivity index (χ4n) is 2.62. The molecule has 1 unspecified atom stereocenters. The van der Waals surface area contributed by atoms with Crippen molar-refractivity contribution in [1.29, 1.82) is 0 Å². The van der Waals surface area contributed by atoms with E-state index in [-0.39, 0.29) is 5.92 Å². The van der Waals surface area contributed by atoms with Gasteiger partial charge in [-0.25, -0.2) is 15.0 Å². The number of aromatic nitrogens is 4. The minimum atomic E-state index is -4.38. The maximum atomic E-state index is 12.7. The molecule has 1 aliphatic heterocycles. The Kier molecular flexibility index (Phi) is 3.76. The molecule has 0 fully saturated rings. The molecule has 0 amide bonds. The molecule has 0 aliphatic carbocycles. The molecule has 5 nitrogen and oxygen atoms in total. The van der Waals surface area contributed by atoms with Gasteiger partial charge in [0.25, 0.3) is 0 Å². The highest BCUT2D eigenvalue weighted by Gasteiger charge is 2.35. The average Bonchev–Trinajstić information content (AvgIpc) is 2.88. The fraction of sp³-hybridized carbons (Fsp3) is 0.500. The van der Waals surface area contributed by atoms with Crippen LogP contribution in [-0.2, 0) is 19.1 Å². The van der Waals surface area contributed by atoms with Crippen molar-refractivity contribution in [1.82, 2.24) is 19.5 Å². The molecular weight excluding hydrogens is 295 g/mol. The number of hydrogen-bond donors (Lipinski definition) is 1. The summed E-state index contributed by atoms with van der Waals surface area (Å²) in [5.41, 5.74) is 0.0652. The number of rotatable bonds is 3. The van der Waals surface area contributed by atoms with E-state index in [0.717, 1.165) is 24.1 Å². The van der Waals surface area contributed by atoms with Crippen LogP contribution in [0.15, 0.2) is 18.6 Å². The monoisotopic (exact) mass is 311 g/mol. The van der Waals surface area contributed by atoms with E-state index in [1.165, 1.54) is 6.33 Å². The highest BCUT2D eigenvalue weighted by atomic mass is 19.4. The van der Waals surface area contributed by atoms with E-state index in [1.807, 2.05) is 13.0 Å². The van der Waals surface area contributed by atoms with Crippen molar-refractivity contribution in [2.24, 2.45) is 5.92 Å². The zero-order chi connectivity index (χ0) is 15.7. The normalized spacial score (nSPS) is 18.1. The molecule has 3 heterocycles. The fourth-order valence-corrected chi connectivity index (χ4v) is 2.62. The van der Waals surface area contributed by atoms with Crippen LogP contribution in [0.5, 0.6) is 0 Å². The highest BCUT2D eigenvalue weighted by molar-refractivity contribution is 5.34. The third kappa shape index (κ3) is 3.20. The lowest BCUT2D eigenvalue weighted by molar-refractivity contribution is -0.141. The first-order valence-corrected chi connectivity index (χ1v) is 7.07. The van der Waals surface area contributed by atoms with Crippen LogP contribution in [0.3, 0.4) is 0 Å². The number of aryl methyl sites for hydroxylation is 2. The van der Waals surface area contributed by atoms with E-state index in [0.29, 0.717) is 25.3 Å². The Morgan fingerprint density at radius 3 is 2.91 bits per heavy atom. The van der Waals surface area contributed by atoms with Gasteiger partial charge >= 0.3 is 6.18 Å². The number of nitrogens with one attached hydrogen (secondary N) is 1. The number of nitrogens with zero attached hydrogens (tertiary/aromatic N) is 4. The van der Waals surface area contributed by atoms with Gasteiger partial charge in [0, 0.05) is 37.5 Å². The van der Waals surface area contributed by atoms with Crippen molar-refractivity contribution in [3.63, 3.8) is 0 Å². The van der Waals surface area contributed by atoms with E-state index in [9.17, 15) is 13.2 Å². The molecule has 22 heavy (non-hydrogen) atoms. The van der Waals surface area contributed by atoms with Gasteiger partial charge in [-0.15, -0.1) is 0 Å². The van der Waals surface area contributed by atoms with Gasteiger partial charge in [-0.1, -0.05) is 0 Å². The number of fused-ring (bicyclic) bond motifs is 1. The minimum absolute atomic E-state index is 0.248. The lowest BCUT2D eigenvalue weighted by atomic mass is 9.99. The maximum Gasteiger partial charge on any atom is 0.434 e. The number of hydrogen-bond acceptors (Lipinski definition) is 4. The van der Waals surface area contributed by atoms with Crippen molar-refractivity contribution < 1.29 is 13.2 Å². The molecule has 0 bridgehead atoms. The molecule has 3 rings (SSSR count). The van der Waals surface area contributed by atoms with Crippen molar-refractivity contribution in [2.45, 2.75) is 32.5 Å². The molecular formula is C14H16F3N5. The first-order chi connectivity index (χ1) is 10.4. The van der Waals surface area contributed by atoms with Crippen LogP contribution < -0.4 is 5.32 Å². The Balaban J connectivity index is 1.63. The lowest BCUT2D eigenvalue weighted by Gasteiger charge is -2.24. The Hall–Kier alpha value is -2.12. The van der Waals surface area contributed by atoms with Gasteiger partial charge in [-0.05, 0) is 19.3 Å². The number of halogens is 3. The summed E-state index contributed by atoms with van der Waals surface area (Å²) in [6, 6.07) is 1.84. The van der Waals surface area contributed by atoms with Crippen LogP contribution in [0.1, 0.15) is 23.6 Å². The SMILES string of the molecule is Cc1cc(NCC2CCc3nc(C(F)(F)F)cn3C2)ncn1. The van der Waals surface area contributed by atoms with Gasteiger partial charge in [0.2, 0.25) is 0 Å². The zero-order valence-corrected chi connectivity index (χ0v) is 12.1. The molecule has 1 atom stereocenters. The van der Waals surface area contributed by atoms with E-state index >= 15 is 0 Å². The number of imidazole rings is 1. The van der Waals surface area contributed by atoms with Crippen molar-refractivity contribution in [2.75, 3.05) is 11.9 Å². The smallest absolute Gasteiger partial charge is 0.370 e. The third-order valence-corrected chi connectivity index (χ3v) is 3.76. The first kappa shape index (κ1) is 14.8. The summed E-state index contributed by atoms with van der Waals surface area (Å²) in [4.78, 5) is 11.8. The summed E-state index contributed by atoms with van der Waals surface area (Å²) in [6.45, 7) is 3.08. The molecule has 0 radical (unpaired) electrons. The summed E-state index contributed by atoms with van der Waals surface area (Å²) in [5.74, 6) is 1.50. The molecule has 8 heteroatoms. The minimum Gasteiger partial charge on any atom is -0.370 e. The summed E-state index contributed by atoms with van der Waals surface area (Å²) < 4.78 is 39.6. The predicted molar refractivity (Wildman–Crippen MR) is 74.3 cm³/mol. The van der Waals surface area contributed by atoms with Gasteiger partial charge in [-0.3, -0.25) is 0 Å². The predicted octanol–water partition coefficient (Wildman–Crippen LogP) is 2.67. The second kappa shape index (κ2) is 5.58. The molecule has 2 aromatic rings. The Morgan fingerprint density at radius 2 is 2.18 bits per heavy atom. The van der Waals surface area contributed by atoms with Gasteiger partial charge < -0.3 is 9.88 Å². The van der Waals surface area contributed by atoms with E-state index in [1.54, 1.807) is 4.57 Å². The molecule has 0 aromatic carbocycles. The van der Waals surface area contributed by atoms with Gasteiger partial charge in [0.1, 0.15) is 18.0 Å². The Morgan fingerprint density at radius 1 is 1.36 bits per heavy atom. The molecule has 118 valence electrons. The summed E-state index contributed by atoms with van der Waals surface area (Å²) >= 11 is 0. The molecule has 1 N–H and O–H groups in total. The third-order valence-electron chi connectivity index (χ3n) is 3.76. The number of anilines is 1. The van der Waals surface area contributed by atoms with E-state index in [4.69, 9.17) is 0 Å². The lowest BCUT2D eigenvalue weighted by Crippen LogP contribution is -2.26. The van der Waals surface area contributed by atoms with Gasteiger partial charge in [0.15, 0.2) is 5.69 Å². The van der Waals surface area contributed by atoms with Crippen LogP contribution in [-0.4, -0.2) is 26.1 Å². The first-order valence-electron chi connectivity index (χ1n) is 7.07. The van der Waals surface area contributed by atoms with Crippen LogP contribution in [0, 0.1) is 12.8 Å². The molecule has 2 aromatic heterocycles. The molecule has 0 spiro atoms. The second-order valence-electron chi connectivity index (χ2n) is 5.52. The quantitative estimate of drug-likeness (QED) is 0.947. The van der Waals surface area contributed by atoms with Crippen molar-refractivity contribution in [3.8, 4) is 0 Å². The summed E-state index contributed by atoms with van der Waals surface area (Å²) in [6.07, 6.45) is -0.411. The standard InChI is InChI=1S/C14H16F3N5/c1-9-4-12(20-8-19-9)18-5-10-2-3-13-21-11(14(15,16)17)7-22(13)6-10/h4,7-8,10H,2-3,5-6H2,1H3,(H,18,19,20). The number of alkyl halides is 3. The molecule has 0 saturated heterocycles. The summed E-state index contributed by atoms with van der Waals surface area (Å²) in [5, 5.41) is 3.22. The Labute approximate surface area is 125 Å². The van der Waals surface area contributed by atoms with Crippen molar-refractivity contribution >= 4 is 5.82 Å².